The summed E-state index contributed by atoms with van der Waals surface area (Å²) in [6.45, 7) is 7.55. The largest absolute Gasteiger partial charge is 0.494 e. The van der Waals surface area contributed by atoms with Gasteiger partial charge in [0.25, 0.3) is 0 Å². The Bertz CT molecular complexity index is 313. The third-order valence-electron chi connectivity index (χ3n) is 3.56. The van der Waals surface area contributed by atoms with Gasteiger partial charge in [0.2, 0.25) is 0 Å². The first-order valence-electron chi connectivity index (χ1n) is 7.96. The second kappa shape index (κ2) is 9.89. The van der Waals surface area contributed by atoms with E-state index in [-0.39, 0.29) is 0 Å². The molecule has 0 unspecified atom stereocenters. The van der Waals surface area contributed by atoms with Crippen molar-refractivity contribution in [3.8, 4) is 5.75 Å². The molecule has 19 heavy (non-hydrogen) atoms. The van der Waals surface area contributed by atoms with Gasteiger partial charge in [0, 0.05) is 0 Å². The zero-order valence-electron chi connectivity index (χ0n) is 13.0. The molecule has 0 aliphatic rings. The molecule has 1 rings (SSSR count). The molecule has 0 aromatic heterocycles. The van der Waals surface area contributed by atoms with E-state index in [1.54, 1.807) is 0 Å². The minimum atomic E-state index is 0.595. The first kappa shape index (κ1) is 16.1. The van der Waals surface area contributed by atoms with Crippen molar-refractivity contribution >= 4 is 0 Å². The van der Waals surface area contributed by atoms with E-state index >= 15 is 0 Å². The smallest absolute Gasteiger partial charge is 0.119 e. The average molecular weight is 262 g/mol. The highest BCUT2D eigenvalue weighted by atomic mass is 16.5. The molecule has 1 aromatic carbocycles. The molecule has 0 radical (unpaired) electrons. The molecule has 0 aliphatic carbocycles. The molecule has 0 N–H and O–H groups in total. The van der Waals surface area contributed by atoms with Crippen molar-refractivity contribution in [1.82, 2.24) is 0 Å². The Morgan fingerprint density at radius 2 is 1.42 bits per heavy atom. The highest BCUT2D eigenvalue weighted by Gasteiger charge is 1.99. The fourth-order valence-corrected chi connectivity index (χ4v) is 2.20. The lowest BCUT2D eigenvalue weighted by Gasteiger charge is -2.09. The van der Waals surface area contributed by atoms with Crippen LogP contribution in [0.15, 0.2) is 24.3 Å². The Morgan fingerprint density at radius 1 is 0.842 bits per heavy atom. The maximum atomic E-state index is 5.77. The average Bonchev–Trinajstić information content (AvgIpc) is 2.42. The number of unbranched alkanes of at least 4 members (excludes halogenated alkanes) is 6. The topological polar surface area (TPSA) is 9.23 Å². The van der Waals surface area contributed by atoms with E-state index in [0.29, 0.717) is 5.92 Å². The molecule has 1 nitrogen and oxygen atoms in total. The predicted molar refractivity (Wildman–Crippen MR) is 84.0 cm³/mol. The zero-order chi connectivity index (χ0) is 13.9. The molecule has 0 aliphatic heterocycles. The lowest BCUT2D eigenvalue weighted by Crippen LogP contribution is -1.97. The van der Waals surface area contributed by atoms with Crippen molar-refractivity contribution in [2.45, 2.75) is 71.6 Å². The lowest BCUT2D eigenvalue weighted by molar-refractivity contribution is 0.304. The van der Waals surface area contributed by atoms with Gasteiger partial charge < -0.3 is 4.74 Å². The van der Waals surface area contributed by atoms with Gasteiger partial charge in [0.1, 0.15) is 5.75 Å². The first-order valence-corrected chi connectivity index (χ1v) is 7.96. The number of hydrogen-bond donors (Lipinski definition) is 0. The molecular formula is C18H30O. The molecule has 0 fully saturated rings. The van der Waals surface area contributed by atoms with Crippen LogP contribution in [0.25, 0.3) is 0 Å². The van der Waals surface area contributed by atoms with E-state index in [9.17, 15) is 0 Å². The van der Waals surface area contributed by atoms with Gasteiger partial charge in [-0.15, -0.1) is 0 Å². The summed E-state index contributed by atoms with van der Waals surface area (Å²) < 4.78 is 5.77. The molecular weight excluding hydrogens is 232 g/mol. The van der Waals surface area contributed by atoms with Crippen LogP contribution in [-0.2, 0) is 0 Å². The van der Waals surface area contributed by atoms with E-state index in [0.717, 1.165) is 12.4 Å². The Morgan fingerprint density at radius 3 is 2.00 bits per heavy atom. The van der Waals surface area contributed by atoms with Gasteiger partial charge in [-0.25, -0.2) is 0 Å². The van der Waals surface area contributed by atoms with Crippen LogP contribution < -0.4 is 4.74 Å². The van der Waals surface area contributed by atoms with Gasteiger partial charge in [-0.1, -0.05) is 71.4 Å². The summed E-state index contributed by atoms with van der Waals surface area (Å²) in [5.41, 5.74) is 1.38. The van der Waals surface area contributed by atoms with E-state index in [1.807, 2.05) is 0 Å². The predicted octanol–water partition coefficient (Wildman–Crippen LogP) is 5.94. The van der Waals surface area contributed by atoms with Crippen LogP contribution in [0.4, 0.5) is 0 Å². The zero-order valence-corrected chi connectivity index (χ0v) is 13.0. The van der Waals surface area contributed by atoms with Gasteiger partial charge in [0.15, 0.2) is 0 Å². The van der Waals surface area contributed by atoms with Crippen LogP contribution in [0.3, 0.4) is 0 Å². The van der Waals surface area contributed by atoms with E-state index in [2.05, 4.69) is 45.0 Å². The highest BCUT2D eigenvalue weighted by Crippen LogP contribution is 2.18. The molecule has 1 aromatic rings. The second-order valence-corrected chi connectivity index (χ2v) is 5.69. The number of hydrogen-bond acceptors (Lipinski definition) is 1. The molecule has 0 spiro atoms. The van der Waals surface area contributed by atoms with Crippen molar-refractivity contribution in [2.75, 3.05) is 6.61 Å². The van der Waals surface area contributed by atoms with Crippen LogP contribution in [0.5, 0.6) is 5.75 Å². The van der Waals surface area contributed by atoms with Crippen LogP contribution in [0.1, 0.15) is 77.2 Å². The Hall–Kier alpha value is -0.980. The number of rotatable bonds is 10. The fraction of sp³-hybridized carbons (Fsp3) is 0.667. The van der Waals surface area contributed by atoms with Crippen LogP contribution in [-0.4, -0.2) is 6.61 Å². The summed E-state index contributed by atoms with van der Waals surface area (Å²) in [4.78, 5) is 0. The van der Waals surface area contributed by atoms with Crippen LogP contribution in [0.2, 0.25) is 0 Å². The Balaban J connectivity index is 2.06. The van der Waals surface area contributed by atoms with Crippen molar-refractivity contribution in [2.24, 2.45) is 0 Å². The summed E-state index contributed by atoms with van der Waals surface area (Å²) in [5.74, 6) is 1.60. The number of benzene rings is 1. The quantitative estimate of drug-likeness (QED) is 0.474. The van der Waals surface area contributed by atoms with Gasteiger partial charge >= 0.3 is 0 Å². The van der Waals surface area contributed by atoms with E-state index in [1.165, 1.54) is 50.5 Å². The minimum Gasteiger partial charge on any atom is -0.494 e. The molecule has 0 heterocycles. The van der Waals surface area contributed by atoms with E-state index in [4.69, 9.17) is 4.74 Å². The van der Waals surface area contributed by atoms with Crippen LogP contribution >= 0.6 is 0 Å². The molecule has 0 atom stereocenters. The first-order chi connectivity index (χ1) is 9.24. The third kappa shape index (κ3) is 7.25. The lowest BCUT2D eigenvalue weighted by atomic mass is 10.0. The molecule has 1 heteroatoms. The Kier molecular flexibility index (Phi) is 8.36. The molecule has 108 valence electrons. The number of ether oxygens (including phenoxy) is 1. The maximum Gasteiger partial charge on any atom is 0.119 e. The van der Waals surface area contributed by atoms with Crippen LogP contribution in [0, 0.1) is 0 Å². The molecule has 0 bridgehead atoms. The molecule has 0 saturated heterocycles. The maximum absolute atomic E-state index is 5.77. The summed E-state index contributed by atoms with van der Waals surface area (Å²) >= 11 is 0. The fourth-order valence-electron chi connectivity index (χ4n) is 2.20. The van der Waals surface area contributed by atoms with Gasteiger partial charge in [-0.05, 0) is 30.0 Å². The minimum absolute atomic E-state index is 0.595. The van der Waals surface area contributed by atoms with Crippen molar-refractivity contribution in [3.63, 3.8) is 0 Å². The van der Waals surface area contributed by atoms with Crippen molar-refractivity contribution < 1.29 is 4.74 Å². The van der Waals surface area contributed by atoms with Gasteiger partial charge in [0.05, 0.1) is 6.61 Å². The molecule has 0 amide bonds. The van der Waals surface area contributed by atoms with E-state index < -0.39 is 0 Å². The normalized spacial score (nSPS) is 10.9. The third-order valence-corrected chi connectivity index (χ3v) is 3.56. The summed E-state index contributed by atoms with van der Waals surface area (Å²) in [6, 6.07) is 8.53. The van der Waals surface area contributed by atoms with Crippen molar-refractivity contribution in [1.29, 1.82) is 0 Å². The van der Waals surface area contributed by atoms with Gasteiger partial charge in [-0.2, -0.15) is 0 Å². The monoisotopic (exact) mass is 262 g/mol. The molecule has 0 saturated carbocycles. The Labute approximate surface area is 119 Å². The second-order valence-electron chi connectivity index (χ2n) is 5.69. The van der Waals surface area contributed by atoms with Gasteiger partial charge in [-0.3, -0.25) is 0 Å². The summed E-state index contributed by atoms with van der Waals surface area (Å²) in [7, 11) is 0. The SMILES string of the molecule is CCCCCCCCCOc1ccc(C(C)C)cc1. The standard InChI is InChI=1S/C18H30O/c1-4-5-6-7-8-9-10-15-19-18-13-11-17(12-14-18)16(2)3/h11-14,16H,4-10,15H2,1-3H3. The van der Waals surface area contributed by atoms with Crippen molar-refractivity contribution in [3.05, 3.63) is 29.8 Å². The summed E-state index contributed by atoms with van der Waals surface area (Å²) in [5, 5.41) is 0. The summed E-state index contributed by atoms with van der Waals surface area (Å²) in [6.07, 6.45) is 9.33. The highest BCUT2D eigenvalue weighted by molar-refractivity contribution is 5.28.